The Kier molecular flexibility index (Phi) is 3.41. The number of imidazole rings is 1. The van der Waals surface area contributed by atoms with Gasteiger partial charge in [0.25, 0.3) is 0 Å². The summed E-state index contributed by atoms with van der Waals surface area (Å²) in [6.07, 6.45) is -0.836. The third kappa shape index (κ3) is 2.67. The van der Waals surface area contributed by atoms with Crippen LogP contribution in [0.1, 0.15) is 18.4 Å². The van der Waals surface area contributed by atoms with Gasteiger partial charge < -0.3 is 5.32 Å². The lowest BCUT2D eigenvalue weighted by Crippen LogP contribution is -2.13. The standard InChI is InChI=1S/C11H12F3N5/c1-3-8-16-4-5-19(8)9-6-7(11(12,13)14)17-10(15-2)18-9/h4-6H,3H2,1-2H3,(H,15,17,18). The van der Waals surface area contributed by atoms with Gasteiger partial charge in [-0.15, -0.1) is 0 Å². The molecule has 2 heterocycles. The molecule has 0 fully saturated rings. The molecule has 0 aromatic carbocycles. The number of alkyl halides is 3. The van der Waals surface area contributed by atoms with E-state index in [1.165, 1.54) is 17.8 Å². The predicted molar refractivity (Wildman–Crippen MR) is 63.1 cm³/mol. The summed E-state index contributed by atoms with van der Waals surface area (Å²) in [5.41, 5.74) is -0.988. The van der Waals surface area contributed by atoms with Gasteiger partial charge in [0.2, 0.25) is 5.95 Å². The van der Waals surface area contributed by atoms with Crippen LogP contribution in [0, 0.1) is 0 Å². The molecule has 2 aromatic heterocycles. The van der Waals surface area contributed by atoms with E-state index in [2.05, 4.69) is 20.3 Å². The normalized spacial score (nSPS) is 11.6. The molecule has 0 atom stereocenters. The second-order valence-corrected chi connectivity index (χ2v) is 3.75. The van der Waals surface area contributed by atoms with Crippen LogP contribution in [0.25, 0.3) is 5.82 Å². The Labute approximate surface area is 107 Å². The van der Waals surface area contributed by atoms with Crippen molar-refractivity contribution in [3.63, 3.8) is 0 Å². The van der Waals surface area contributed by atoms with Crippen molar-refractivity contribution in [3.8, 4) is 5.82 Å². The first kappa shape index (κ1) is 13.3. The van der Waals surface area contributed by atoms with Crippen LogP contribution >= 0.6 is 0 Å². The SMILES string of the molecule is CCc1nccn1-c1cc(C(F)(F)F)nc(NC)n1. The number of aromatic nitrogens is 4. The van der Waals surface area contributed by atoms with Gasteiger partial charge in [-0.25, -0.2) is 9.97 Å². The van der Waals surface area contributed by atoms with E-state index in [0.717, 1.165) is 6.07 Å². The third-order valence-electron chi connectivity index (χ3n) is 2.51. The van der Waals surface area contributed by atoms with Crippen LogP contribution in [0.2, 0.25) is 0 Å². The lowest BCUT2D eigenvalue weighted by Gasteiger charge is -2.11. The molecule has 2 aromatic rings. The maximum atomic E-state index is 12.8. The van der Waals surface area contributed by atoms with Crippen LogP contribution in [0.4, 0.5) is 19.1 Å². The van der Waals surface area contributed by atoms with Crippen LogP contribution in [-0.2, 0) is 12.6 Å². The zero-order valence-electron chi connectivity index (χ0n) is 10.4. The lowest BCUT2D eigenvalue weighted by atomic mass is 10.3. The molecule has 0 aliphatic carbocycles. The Balaban J connectivity index is 2.57. The van der Waals surface area contributed by atoms with Crippen LogP contribution in [0.3, 0.4) is 0 Å². The summed E-state index contributed by atoms with van der Waals surface area (Å²) in [5.74, 6) is 0.690. The molecule has 1 N–H and O–H groups in total. The average molecular weight is 271 g/mol. The summed E-state index contributed by atoms with van der Waals surface area (Å²) in [6.45, 7) is 1.86. The van der Waals surface area contributed by atoms with Crippen molar-refractivity contribution in [3.05, 3.63) is 30.0 Å². The number of nitrogens with one attached hydrogen (secondary N) is 1. The molecule has 0 aliphatic heterocycles. The smallest absolute Gasteiger partial charge is 0.357 e. The molecule has 8 heteroatoms. The van der Waals surface area contributed by atoms with E-state index in [1.54, 1.807) is 6.20 Å². The Morgan fingerprint density at radius 1 is 1.32 bits per heavy atom. The van der Waals surface area contributed by atoms with Gasteiger partial charge in [-0.1, -0.05) is 6.92 Å². The molecule has 0 saturated heterocycles. The van der Waals surface area contributed by atoms with Crippen molar-refractivity contribution in [2.24, 2.45) is 0 Å². The van der Waals surface area contributed by atoms with Crippen LogP contribution < -0.4 is 5.32 Å². The number of halogens is 3. The van der Waals surface area contributed by atoms with Crippen LogP contribution in [0.5, 0.6) is 0 Å². The number of anilines is 1. The molecule has 2 rings (SSSR count). The van der Waals surface area contributed by atoms with Gasteiger partial charge in [0.1, 0.15) is 11.6 Å². The Morgan fingerprint density at radius 3 is 2.63 bits per heavy atom. The highest BCUT2D eigenvalue weighted by atomic mass is 19.4. The number of hydrogen-bond donors (Lipinski definition) is 1. The zero-order valence-corrected chi connectivity index (χ0v) is 10.4. The zero-order chi connectivity index (χ0) is 14.0. The fraction of sp³-hybridized carbons (Fsp3) is 0.364. The van der Waals surface area contributed by atoms with Crippen molar-refractivity contribution in [1.29, 1.82) is 0 Å². The Hall–Kier alpha value is -2.12. The Morgan fingerprint density at radius 2 is 2.05 bits per heavy atom. The summed E-state index contributed by atoms with van der Waals surface area (Å²) in [4.78, 5) is 11.5. The third-order valence-corrected chi connectivity index (χ3v) is 2.51. The van der Waals surface area contributed by atoms with E-state index in [1.807, 2.05) is 6.92 Å². The molecule has 0 amide bonds. The fourth-order valence-corrected chi connectivity index (χ4v) is 1.62. The van der Waals surface area contributed by atoms with E-state index in [-0.39, 0.29) is 11.8 Å². The van der Waals surface area contributed by atoms with Crippen molar-refractivity contribution in [2.75, 3.05) is 12.4 Å². The van der Waals surface area contributed by atoms with Gasteiger partial charge >= 0.3 is 6.18 Å². The molecule has 0 radical (unpaired) electrons. The first-order valence-corrected chi connectivity index (χ1v) is 5.62. The second-order valence-electron chi connectivity index (χ2n) is 3.75. The molecule has 0 aliphatic rings. The van der Waals surface area contributed by atoms with Crippen molar-refractivity contribution >= 4 is 5.95 Å². The van der Waals surface area contributed by atoms with Crippen LogP contribution in [-0.4, -0.2) is 26.6 Å². The monoisotopic (exact) mass is 271 g/mol. The van der Waals surface area contributed by atoms with Crippen LogP contribution in [0.15, 0.2) is 18.5 Å². The van der Waals surface area contributed by atoms with Gasteiger partial charge in [-0.2, -0.15) is 18.2 Å². The molecular weight excluding hydrogens is 259 g/mol. The second kappa shape index (κ2) is 4.87. The molecule has 102 valence electrons. The van der Waals surface area contributed by atoms with E-state index in [4.69, 9.17) is 0 Å². The highest BCUT2D eigenvalue weighted by molar-refractivity contribution is 5.36. The fourth-order valence-electron chi connectivity index (χ4n) is 1.62. The number of hydrogen-bond acceptors (Lipinski definition) is 4. The van der Waals surface area contributed by atoms with Gasteiger partial charge in [-0.05, 0) is 0 Å². The maximum absolute atomic E-state index is 12.8. The van der Waals surface area contributed by atoms with Crippen molar-refractivity contribution in [2.45, 2.75) is 19.5 Å². The highest BCUT2D eigenvalue weighted by Gasteiger charge is 2.34. The number of rotatable bonds is 3. The summed E-state index contributed by atoms with van der Waals surface area (Å²) >= 11 is 0. The molecular formula is C11H12F3N5. The minimum absolute atomic E-state index is 0.0828. The van der Waals surface area contributed by atoms with Gasteiger partial charge in [0.15, 0.2) is 5.69 Å². The minimum atomic E-state index is -4.52. The first-order chi connectivity index (χ1) is 8.95. The summed E-state index contributed by atoms with van der Waals surface area (Å²) in [7, 11) is 1.47. The average Bonchev–Trinajstić information content (AvgIpc) is 2.85. The summed E-state index contributed by atoms with van der Waals surface area (Å²) in [5, 5.41) is 2.52. The summed E-state index contributed by atoms with van der Waals surface area (Å²) < 4.78 is 39.8. The Bertz CT molecular complexity index is 576. The topological polar surface area (TPSA) is 55.6 Å². The molecule has 0 saturated carbocycles. The maximum Gasteiger partial charge on any atom is 0.433 e. The van der Waals surface area contributed by atoms with E-state index in [9.17, 15) is 13.2 Å². The lowest BCUT2D eigenvalue weighted by molar-refractivity contribution is -0.141. The highest BCUT2D eigenvalue weighted by Crippen LogP contribution is 2.29. The molecule has 5 nitrogen and oxygen atoms in total. The number of nitrogens with zero attached hydrogens (tertiary/aromatic N) is 4. The van der Waals surface area contributed by atoms with Crippen molar-refractivity contribution in [1.82, 2.24) is 19.5 Å². The molecule has 0 spiro atoms. The van der Waals surface area contributed by atoms with Crippen molar-refractivity contribution < 1.29 is 13.2 Å². The van der Waals surface area contributed by atoms with Gasteiger partial charge in [0, 0.05) is 31.9 Å². The van der Waals surface area contributed by atoms with Gasteiger partial charge in [-0.3, -0.25) is 4.57 Å². The minimum Gasteiger partial charge on any atom is -0.357 e. The first-order valence-electron chi connectivity index (χ1n) is 5.62. The summed E-state index contributed by atoms with van der Waals surface area (Å²) in [6, 6.07) is 0.904. The molecule has 0 bridgehead atoms. The molecule has 19 heavy (non-hydrogen) atoms. The predicted octanol–water partition coefficient (Wildman–Crippen LogP) is 2.29. The van der Waals surface area contributed by atoms with E-state index < -0.39 is 11.9 Å². The van der Waals surface area contributed by atoms with Gasteiger partial charge in [0.05, 0.1) is 0 Å². The quantitative estimate of drug-likeness (QED) is 0.930. The largest absolute Gasteiger partial charge is 0.433 e. The van der Waals surface area contributed by atoms with E-state index in [0.29, 0.717) is 12.2 Å². The van der Waals surface area contributed by atoms with E-state index >= 15 is 0 Å². The molecule has 0 unspecified atom stereocenters. The number of aryl methyl sites for hydroxylation is 1.